The van der Waals surface area contributed by atoms with Crippen LogP contribution in [0.1, 0.15) is 25.7 Å². The van der Waals surface area contributed by atoms with Crippen LogP contribution in [0.15, 0.2) is 0 Å². The number of aliphatic carboxylic acids is 3. The van der Waals surface area contributed by atoms with Gasteiger partial charge in [0.05, 0.1) is 19.4 Å². The van der Waals surface area contributed by atoms with E-state index in [1.165, 1.54) is 0 Å². The van der Waals surface area contributed by atoms with Crippen molar-refractivity contribution in [2.45, 2.75) is 37.0 Å². The Morgan fingerprint density at radius 2 is 1.66 bits per heavy atom. The molecule has 0 rings (SSSR count). The molecule has 6 N–H and O–H groups in total. The summed E-state index contributed by atoms with van der Waals surface area (Å²) >= 11 is 0.790. The second-order valence-electron chi connectivity index (χ2n) is 5.98. The quantitative estimate of drug-likeness (QED) is 0.190. The first-order valence-corrected chi connectivity index (χ1v) is 9.43. The van der Waals surface area contributed by atoms with Crippen LogP contribution < -0.4 is 11.1 Å². The summed E-state index contributed by atoms with van der Waals surface area (Å²) in [5, 5.41) is 27.3. The highest BCUT2D eigenvalue weighted by molar-refractivity contribution is 8.00. The van der Waals surface area contributed by atoms with Gasteiger partial charge in [0, 0.05) is 18.6 Å². The first-order valence-electron chi connectivity index (χ1n) is 8.38. The molecule has 12 nitrogen and oxygen atoms in total. The minimum Gasteiger partial charge on any atom is -0.481 e. The molecule has 0 aliphatic rings. The molecule has 0 aromatic heterocycles. The van der Waals surface area contributed by atoms with Crippen molar-refractivity contribution in [3.05, 3.63) is 0 Å². The number of carbonyl (C=O) groups is 6. The van der Waals surface area contributed by atoms with Crippen LogP contribution in [0.3, 0.4) is 0 Å². The number of esters is 1. The minimum atomic E-state index is -1.30. The van der Waals surface area contributed by atoms with E-state index in [1.54, 1.807) is 0 Å². The van der Waals surface area contributed by atoms with Gasteiger partial charge in [-0.1, -0.05) is 0 Å². The fraction of sp³-hybridized carbons (Fsp3) is 0.625. The Balaban J connectivity index is 5.07. The first kappa shape index (κ1) is 26.3. The monoisotopic (exact) mass is 436 g/mol. The predicted molar refractivity (Wildman–Crippen MR) is 99.1 cm³/mol. The molecule has 0 radical (unpaired) electrons. The number of carbonyl (C=O) groups excluding carboxylic acids is 3. The molecule has 164 valence electrons. The van der Waals surface area contributed by atoms with Crippen molar-refractivity contribution in [1.82, 2.24) is 5.32 Å². The van der Waals surface area contributed by atoms with E-state index in [9.17, 15) is 28.8 Å². The highest BCUT2D eigenvalue weighted by Crippen LogP contribution is 2.22. The van der Waals surface area contributed by atoms with Crippen LogP contribution in [0.2, 0.25) is 0 Å². The maximum atomic E-state index is 12.2. The van der Waals surface area contributed by atoms with Gasteiger partial charge in [-0.2, -0.15) is 0 Å². The number of rotatable bonds is 15. The average Bonchev–Trinajstić information content (AvgIpc) is 2.64. The summed E-state index contributed by atoms with van der Waals surface area (Å²) in [6, 6.07) is -1.24. The Kier molecular flexibility index (Phi) is 12.3. The molecule has 0 saturated heterocycles. The van der Waals surface area contributed by atoms with Gasteiger partial charge >= 0.3 is 23.9 Å². The molecule has 0 heterocycles. The van der Waals surface area contributed by atoms with Crippen LogP contribution in [-0.2, 0) is 33.5 Å². The lowest BCUT2D eigenvalue weighted by Crippen LogP contribution is -2.37. The van der Waals surface area contributed by atoms with Gasteiger partial charge in [0.25, 0.3) is 0 Å². The number of nitrogens with two attached hydrogens (primary N) is 1. The number of thioether (sulfide) groups is 1. The molecule has 13 heteroatoms. The number of hydrogen-bond donors (Lipinski definition) is 5. The van der Waals surface area contributed by atoms with Gasteiger partial charge in [0.1, 0.15) is 23.6 Å². The zero-order chi connectivity index (χ0) is 22.6. The first-order chi connectivity index (χ1) is 13.5. The topological polar surface area (TPSA) is 210 Å². The highest BCUT2D eigenvalue weighted by atomic mass is 32.2. The smallest absolute Gasteiger partial charge is 0.322 e. The Hall–Kier alpha value is -2.67. The third kappa shape index (κ3) is 11.7. The fourth-order valence-corrected chi connectivity index (χ4v) is 3.31. The Bertz CT molecular complexity index is 639. The summed E-state index contributed by atoms with van der Waals surface area (Å²) in [5.74, 6) is -7.14. The SMILES string of the molecule is COC(=O)[C@@H](CC(=O)O)SC[C@H](CC(=O)CC[C@H](N)C(=O)O)C(=O)NCC(=O)O. The number of carboxylic acid groups (broad SMARTS) is 3. The maximum Gasteiger partial charge on any atom is 0.322 e. The van der Waals surface area contributed by atoms with Crippen LogP contribution in [0.25, 0.3) is 0 Å². The largest absolute Gasteiger partial charge is 0.481 e. The van der Waals surface area contributed by atoms with Crippen LogP contribution in [-0.4, -0.2) is 81.6 Å². The lowest BCUT2D eigenvalue weighted by Gasteiger charge is -2.18. The van der Waals surface area contributed by atoms with Crippen LogP contribution in [0, 0.1) is 5.92 Å². The third-order valence-electron chi connectivity index (χ3n) is 3.63. The van der Waals surface area contributed by atoms with Crippen molar-refractivity contribution in [2.75, 3.05) is 19.4 Å². The third-order valence-corrected chi connectivity index (χ3v) is 4.99. The van der Waals surface area contributed by atoms with Crippen molar-refractivity contribution in [1.29, 1.82) is 0 Å². The molecule has 0 saturated carbocycles. The molecular formula is C16H24N2O10S. The Morgan fingerprint density at radius 3 is 2.14 bits per heavy atom. The van der Waals surface area contributed by atoms with Gasteiger partial charge in [-0.05, 0) is 6.42 Å². The normalized spacial score (nSPS) is 13.6. The minimum absolute atomic E-state index is 0.144. The lowest BCUT2D eigenvalue weighted by atomic mass is 9.99. The fourth-order valence-electron chi connectivity index (χ4n) is 2.08. The molecule has 0 aliphatic heterocycles. The standard InChI is InChI=1S/C16H24N2O10S/c1-28-16(27)11(5-12(20)21)29-7-8(14(24)18-6-13(22)23)4-9(19)2-3-10(17)15(25)26/h8,10-11H,2-7,17H2,1H3,(H,18,24)(H,20,21)(H,22,23)(H,25,26)/t8-,10-,11+/m0/s1. The highest BCUT2D eigenvalue weighted by Gasteiger charge is 2.28. The zero-order valence-electron chi connectivity index (χ0n) is 15.7. The van der Waals surface area contributed by atoms with E-state index in [2.05, 4.69) is 10.1 Å². The number of Topliss-reactive ketones (excluding diaryl/α,β-unsaturated/α-hetero) is 1. The van der Waals surface area contributed by atoms with Gasteiger partial charge in [-0.25, -0.2) is 0 Å². The average molecular weight is 436 g/mol. The van der Waals surface area contributed by atoms with Crippen LogP contribution in [0.5, 0.6) is 0 Å². The molecule has 0 aromatic rings. The maximum absolute atomic E-state index is 12.2. The number of nitrogens with one attached hydrogen (secondary N) is 1. The summed E-state index contributed by atoms with van der Waals surface area (Å²) in [7, 11) is 1.07. The van der Waals surface area contributed by atoms with E-state index < -0.39 is 65.7 Å². The van der Waals surface area contributed by atoms with Gasteiger partial charge in [0.15, 0.2) is 0 Å². The van der Waals surface area contributed by atoms with Crippen molar-refractivity contribution in [3.8, 4) is 0 Å². The van der Waals surface area contributed by atoms with Gasteiger partial charge in [-0.15, -0.1) is 11.8 Å². The van der Waals surface area contributed by atoms with Crippen molar-refractivity contribution in [3.63, 3.8) is 0 Å². The summed E-state index contributed by atoms with van der Waals surface area (Å²) in [5.41, 5.74) is 5.32. The van der Waals surface area contributed by atoms with Crippen molar-refractivity contribution < 1.29 is 48.8 Å². The molecule has 0 unspecified atom stereocenters. The predicted octanol–water partition coefficient (Wildman–Crippen LogP) is -1.30. The number of hydrogen-bond acceptors (Lipinski definition) is 9. The number of ketones is 1. The van der Waals surface area contributed by atoms with E-state index in [0.29, 0.717) is 0 Å². The summed E-state index contributed by atoms with van der Waals surface area (Å²) in [6.45, 7) is -0.687. The molecule has 3 atom stereocenters. The van der Waals surface area contributed by atoms with Crippen LogP contribution in [0.4, 0.5) is 0 Å². The lowest BCUT2D eigenvalue weighted by molar-refractivity contribution is -0.144. The molecule has 0 spiro atoms. The van der Waals surface area contributed by atoms with Crippen LogP contribution >= 0.6 is 11.8 Å². The summed E-state index contributed by atoms with van der Waals surface area (Å²) in [6.07, 6.45) is -1.28. The zero-order valence-corrected chi connectivity index (χ0v) is 16.5. The summed E-state index contributed by atoms with van der Waals surface area (Å²) < 4.78 is 4.52. The molecule has 0 aromatic carbocycles. The summed E-state index contributed by atoms with van der Waals surface area (Å²) in [4.78, 5) is 68.2. The second-order valence-corrected chi connectivity index (χ2v) is 7.21. The Labute approximate surface area is 170 Å². The van der Waals surface area contributed by atoms with E-state index >= 15 is 0 Å². The number of carboxylic acids is 3. The number of ether oxygens (including phenoxy) is 1. The molecule has 0 bridgehead atoms. The van der Waals surface area contributed by atoms with E-state index in [4.69, 9.17) is 21.1 Å². The van der Waals surface area contributed by atoms with Gasteiger partial charge in [0.2, 0.25) is 5.91 Å². The second kappa shape index (κ2) is 13.5. The van der Waals surface area contributed by atoms with E-state index in [-0.39, 0.29) is 25.0 Å². The van der Waals surface area contributed by atoms with Crippen molar-refractivity contribution >= 4 is 47.3 Å². The molecule has 0 fully saturated rings. The number of methoxy groups -OCH3 is 1. The molecule has 29 heavy (non-hydrogen) atoms. The van der Waals surface area contributed by atoms with Gasteiger partial charge in [-0.3, -0.25) is 28.8 Å². The van der Waals surface area contributed by atoms with Crippen molar-refractivity contribution in [2.24, 2.45) is 11.7 Å². The Morgan fingerprint density at radius 1 is 1.03 bits per heavy atom. The van der Waals surface area contributed by atoms with E-state index in [1.807, 2.05) is 0 Å². The molecule has 1 amide bonds. The molecular weight excluding hydrogens is 412 g/mol. The van der Waals surface area contributed by atoms with Gasteiger partial charge < -0.3 is 31.1 Å². The number of amides is 1. The molecule has 0 aliphatic carbocycles. The van der Waals surface area contributed by atoms with E-state index in [0.717, 1.165) is 18.9 Å².